The molecule has 0 aliphatic heterocycles. The molecule has 1 N–H and O–H groups in total. The van der Waals surface area contributed by atoms with Crippen LogP contribution >= 0.6 is 11.8 Å². The Kier molecular flexibility index (Phi) is 9.64. The van der Waals surface area contributed by atoms with Gasteiger partial charge in [0.25, 0.3) is 0 Å². The molecule has 1 unspecified atom stereocenters. The van der Waals surface area contributed by atoms with Gasteiger partial charge in [-0.1, -0.05) is 26.7 Å². The zero-order valence-electron chi connectivity index (χ0n) is 8.73. The molecule has 0 aliphatic rings. The Labute approximate surface area is 81.7 Å². The van der Waals surface area contributed by atoms with Crippen LogP contribution in [0.4, 0.5) is 0 Å². The predicted octanol–water partition coefficient (Wildman–Crippen LogP) is 2.91. The van der Waals surface area contributed by atoms with Crippen molar-refractivity contribution < 1.29 is 0 Å². The van der Waals surface area contributed by atoms with Gasteiger partial charge in [-0.3, -0.25) is 0 Å². The maximum absolute atomic E-state index is 3.36. The predicted molar refractivity (Wildman–Crippen MR) is 60.0 cm³/mol. The Morgan fingerprint density at radius 2 is 2.00 bits per heavy atom. The van der Waals surface area contributed by atoms with Crippen molar-refractivity contribution >= 4 is 11.8 Å². The minimum absolute atomic E-state index is 0.733. The van der Waals surface area contributed by atoms with Crippen LogP contribution in [0.5, 0.6) is 0 Å². The molecule has 0 bridgehead atoms. The van der Waals surface area contributed by atoms with Gasteiger partial charge in [-0.2, -0.15) is 11.8 Å². The van der Waals surface area contributed by atoms with Gasteiger partial charge in [0.2, 0.25) is 0 Å². The van der Waals surface area contributed by atoms with E-state index >= 15 is 0 Å². The third kappa shape index (κ3) is 6.99. The number of rotatable bonds is 8. The highest BCUT2D eigenvalue weighted by molar-refractivity contribution is 7.99. The SMILES string of the molecule is CCCCSCC(CCC)NC. The van der Waals surface area contributed by atoms with Gasteiger partial charge in [0.05, 0.1) is 0 Å². The van der Waals surface area contributed by atoms with Crippen LogP contribution in [-0.2, 0) is 0 Å². The second-order valence-electron chi connectivity index (χ2n) is 3.20. The standard InChI is InChI=1S/C10H23NS/c1-4-6-8-12-9-10(11-3)7-5-2/h10-11H,4-9H2,1-3H3. The van der Waals surface area contributed by atoms with Gasteiger partial charge in [-0.25, -0.2) is 0 Å². The van der Waals surface area contributed by atoms with Gasteiger partial charge in [-0.05, 0) is 25.6 Å². The molecule has 0 radical (unpaired) electrons. The van der Waals surface area contributed by atoms with Gasteiger partial charge >= 0.3 is 0 Å². The summed E-state index contributed by atoms with van der Waals surface area (Å²) in [5.41, 5.74) is 0. The van der Waals surface area contributed by atoms with Crippen LogP contribution in [0.25, 0.3) is 0 Å². The van der Waals surface area contributed by atoms with Crippen molar-refractivity contribution in [3.8, 4) is 0 Å². The maximum Gasteiger partial charge on any atom is 0.0155 e. The largest absolute Gasteiger partial charge is 0.316 e. The summed E-state index contributed by atoms with van der Waals surface area (Å²) in [7, 11) is 2.07. The van der Waals surface area contributed by atoms with Crippen LogP contribution in [0.2, 0.25) is 0 Å². The quantitative estimate of drug-likeness (QED) is 0.589. The van der Waals surface area contributed by atoms with Gasteiger partial charge in [-0.15, -0.1) is 0 Å². The lowest BCUT2D eigenvalue weighted by atomic mass is 10.2. The molecule has 12 heavy (non-hydrogen) atoms. The molecule has 0 spiro atoms. The van der Waals surface area contributed by atoms with E-state index in [1.54, 1.807) is 0 Å². The number of nitrogens with one attached hydrogen (secondary N) is 1. The first kappa shape index (κ1) is 12.3. The fourth-order valence-corrected chi connectivity index (χ4v) is 2.41. The molecule has 0 amide bonds. The van der Waals surface area contributed by atoms with Crippen molar-refractivity contribution in [3.05, 3.63) is 0 Å². The molecule has 0 saturated heterocycles. The molecule has 0 heterocycles. The molecule has 0 aromatic heterocycles. The number of hydrogen-bond acceptors (Lipinski definition) is 2. The molecular weight excluding hydrogens is 166 g/mol. The second-order valence-corrected chi connectivity index (χ2v) is 4.35. The summed E-state index contributed by atoms with van der Waals surface area (Å²) < 4.78 is 0. The molecule has 74 valence electrons. The average molecular weight is 189 g/mol. The van der Waals surface area contributed by atoms with E-state index in [0.29, 0.717) is 0 Å². The first-order chi connectivity index (χ1) is 5.85. The van der Waals surface area contributed by atoms with Crippen molar-refractivity contribution in [1.82, 2.24) is 5.32 Å². The molecule has 1 nitrogen and oxygen atoms in total. The van der Waals surface area contributed by atoms with Gasteiger partial charge in [0.1, 0.15) is 0 Å². The number of hydrogen-bond donors (Lipinski definition) is 1. The topological polar surface area (TPSA) is 12.0 Å². The molecule has 0 fully saturated rings. The van der Waals surface area contributed by atoms with Crippen LogP contribution in [0.3, 0.4) is 0 Å². The lowest BCUT2D eigenvalue weighted by molar-refractivity contribution is 0.564. The summed E-state index contributed by atoms with van der Waals surface area (Å²) in [6.45, 7) is 4.50. The van der Waals surface area contributed by atoms with E-state index in [9.17, 15) is 0 Å². The van der Waals surface area contributed by atoms with Crippen molar-refractivity contribution in [2.24, 2.45) is 0 Å². The lowest BCUT2D eigenvalue weighted by Crippen LogP contribution is -2.27. The molecular formula is C10H23NS. The first-order valence-corrected chi connectivity index (χ1v) is 6.25. The van der Waals surface area contributed by atoms with E-state index in [1.807, 2.05) is 0 Å². The second kappa shape index (κ2) is 9.40. The van der Waals surface area contributed by atoms with Gasteiger partial charge < -0.3 is 5.32 Å². The number of thioether (sulfide) groups is 1. The van der Waals surface area contributed by atoms with Gasteiger partial charge in [0, 0.05) is 11.8 Å². The van der Waals surface area contributed by atoms with E-state index in [4.69, 9.17) is 0 Å². The number of unbranched alkanes of at least 4 members (excludes halogenated alkanes) is 1. The molecule has 0 aromatic rings. The van der Waals surface area contributed by atoms with E-state index in [1.165, 1.54) is 37.2 Å². The fraction of sp³-hybridized carbons (Fsp3) is 1.00. The lowest BCUT2D eigenvalue weighted by Gasteiger charge is -2.14. The summed E-state index contributed by atoms with van der Waals surface area (Å²) in [5, 5.41) is 3.36. The fourth-order valence-electron chi connectivity index (χ4n) is 1.13. The van der Waals surface area contributed by atoms with E-state index in [0.717, 1.165) is 6.04 Å². The summed E-state index contributed by atoms with van der Waals surface area (Å²) in [6, 6.07) is 0.733. The highest BCUT2D eigenvalue weighted by atomic mass is 32.2. The highest BCUT2D eigenvalue weighted by Crippen LogP contribution is 2.09. The third-order valence-corrected chi connectivity index (χ3v) is 3.22. The molecule has 0 rings (SSSR count). The molecule has 0 aliphatic carbocycles. The van der Waals surface area contributed by atoms with Crippen molar-refractivity contribution in [2.75, 3.05) is 18.6 Å². The van der Waals surface area contributed by atoms with Crippen LogP contribution in [0.15, 0.2) is 0 Å². The van der Waals surface area contributed by atoms with E-state index < -0.39 is 0 Å². The van der Waals surface area contributed by atoms with Crippen molar-refractivity contribution in [1.29, 1.82) is 0 Å². The first-order valence-electron chi connectivity index (χ1n) is 5.10. The van der Waals surface area contributed by atoms with E-state index in [-0.39, 0.29) is 0 Å². The Balaban J connectivity index is 3.19. The summed E-state index contributed by atoms with van der Waals surface area (Å²) >= 11 is 2.09. The van der Waals surface area contributed by atoms with Gasteiger partial charge in [0.15, 0.2) is 0 Å². The normalized spacial score (nSPS) is 13.2. The van der Waals surface area contributed by atoms with E-state index in [2.05, 4.69) is 38.0 Å². The monoisotopic (exact) mass is 189 g/mol. The van der Waals surface area contributed by atoms with Crippen LogP contribution in [-0.4, -0.2) is 24.6 Å². The zero-order chi connectivity index (χ0) is 9.23. The molecule has 1 atom stereocenters. The summed E-state index contributed by atoms with van der Waals surface area (Å²) in [6.07, 6.45) is 5.30. The van der Waals surface area contributed by atoms with Crippen LogP contribution in [0.1, 0.15) is 39.5 Å². The average Bonchev–Trinajstić information content (AvgIpc) is 2.10. The van der Waals surface area contributed by atoms with Crippen molar-refractivity contribution in [3.63, 3.8) is 0 Å². The Morgan fingerprint density at radius 3 is 2.50 bits per heavy atom. The maximum atomic E-state index is 3.36. The molecule has 2 heteroatoms. The minimum atomic E-state index is 0.733. The zero-order valence-corrected chi connectivity index (χ0v) is 9.54. The summed E-state index contributed by atoms with van der Waals surface area (Å²) in [5.74, 6) is 2.61. The van der Waals surface area contributed by atoms with Crippen LogP contribution in [0, 0.1) is 0 Å². The summed E-state index contributed by atoms with van der Waals surface area (Å²) in [4.78, 5) is 0. The van der Waals surface area contributed by atoms with Crippen LogP contribution < -0.4 is 5.32 Å². The van der Waals surface area contributed by atoms with Crippen molar-refractivity contribution in [2.45, 2.75) is 45.6 Å². The third-order valence-electron chi connectivity index (χ3n) is 2.01. The minimum Gasteiger partial charge on any atom is -0.316 e. The Morgan fingerprint density at radius 1 is 1.25 bits per heavy atom. The molecule has 0 saturated carbocycles. The smallest absolute Gasteiger partial charge is 0.0155 e. The Hall–Kier alpha value is 0.310. The molecule has 0 aromatic carbocycles. The highest BCUT2D eigenvalue weighted by Gasteiger charge is 2.03. The Bertz CT molecular complexity index is 85.9.